The quantitative estimate of drug-likeness (QED) is 0.698. The Morgan fingerprint density at radius 1 is 1.00 bits per heavy atom. The van der Waals surface area contributed by atoms with Gasteiger partial charge < -0.3 is 9.47 Å². The molecule has 7 heteroatoms. The lowest BCUT2D eigenvalue weighted by Crippen LogP contribution is -2.40. The number of rotatable bonds is 5. The van der Waals surface area contributed by atoms with Crippen molar-refractivity contribution in [1.29, 1.82) is 0 Å². The van der Waals surface area contributed by atoms with Crippen LogP contribution in [0.15, 0.2) is 53.4 Å². The van der Waals surface area contributed by atoms with Gasteiger partial charge in [0, 0.05) is 13.1 Å². The van der Waals surface area contributed by atoms with Gasteiger partial charge in [-0.15, -0.1) is 0 Å². The minimum Gasteiger partial charge on any atom is -0.457 e. The van der Waals surface area contributed by atoms with Gasteiger partial charge in [0.25, 0.3) is 0 Å². The fourth-order valence-corrected chi connectivity index (χ4v) is 4.44. The van der Waals surface area contributed by atoms with Crippen molar-refractivity contribution in [3.05, 3.63) is 65.2 Å². The molecule has 0 saturated carbocycles. The second-order valence-electron chi connectivity index (χ2n) is 8.06. The Morgan fingerprint density at radius 2 is 1.59 bits per heavy atom. The third kappa shape index (κ3) is 5.23. The van der Waals surface area contributed by atoms with Gasteiger partial charge in [-0.3, -0.25) is 0 Å². The highest BCUT2D eigenvalue weighted by molar-refractivity contribution is 7.89. The summed E-state index contributed by atoms with van der Waals surface area (Å²) < 4.78 is 37.2. The number of morpholine rings is 1. The van der Waals surface area contributed by atoms with Crippen LogP contribution in [0, 0.1) is 0 Å². The maximum absolute atomic E-state index is 12.6. The van der Waals surface area contributed by atoms with Crippen LogP contribution in [0.25, 0.3) is 0 Å². The van der Waals surface area contributed by atoms with Crippen LogP contribution in [0.1, 0.15) is 42.3 Å². The highest BCUT2D eigenvalue weighted by atomic mass is 32.2. The van der Waals surface area contributed by atoms with Crippen LogP contribution in [0.5, 0.6) is 0 Å². The van der Waals surface area contributed by atoms with Crippen molar-refractivity contribution in [1.82, 2.24) is 4.31 Å². The molecule has 0 N–H and O–H groups in total. The largest absolute Gasteiger partial charge is 0.457 e. The molecule has 0 unspecified atom stereocenters. The molecule has 2 aromatic rings. The first-order valence-electron chi connectivity index (χ1n) is 9.62. The molecule has 0 amide bonds. The number of esters is 1. The summed E-state index contributed by atoms with van der Waals surface area (Å²) >= 11 is 0. The maximum Gasteiger partial charge on any atom is 0.338 e. The molecule has 1 aliphatic heterocycles. The van der Waals surface area contributed by atoms with Crippen molar-refractivity contribution in [2.24, 2.45) is 0 Å². The molecule has 0 aliphatic carbocycles. The Labute approximate surface area is 172 Å². The first-order chi connectivity index (χ1) is 13.7. The van der Waals surface area contributed by atoms with E-state index in [0.29, 0.717) is 31.9 Å². The lowest BCUT2D eigenvalue weighted by Gasteiger charge is -2.26. The topological polar surface area (TPSA) is 72.9 Å². The summed E-state index contributed by atoms with van der Waals surface area (Å²) in [7, 11) is -3.57. The summed E-state index contributed by atoms with van der Waals surface area (Å²) in [5.74, 6) is -0.486. The summed E-state index contributed by atoms with van der Waals surface area (Å²) in [5.41, 5.74) is 2.50. The molecule has 1 heterocycles. The van der Waals surface area contributed by atoms with E-state index in [-0.39, 0.29) is 16.9 Å². The zero-order chi connectivity index (χ0) is 21.1. The lowest BCUT2D eigenvalue weighted by atomic mass is 9.87. The maximum atomic E-state index is 12.6. The van der Waals surface area contributed by atoms with Crippen LogP contribution >= 0.6 is 0 Å². The van der Waals surface area contributed by atoms with Crippen LogP contribution in [-0.2, 0) is 31.5 Å². The number of carbonyl (C=O) groups excluding carboxylic acids is 1. The second kappa shape index (κ2) is 8.65. The van der Waals surface area contributed by atoms with E-state index in [1.165, 1.54) is 34.1 Å². The molecule has 0 aromatic heterocycles. The molecule has 0 bridgehead atoms. The van der Waals surface area contributed by atoms with Gasteiger partial charge in [-0.1, -0.05) is 45.0 Å². The molecule has 1 fully saturated rings. The monoisotopic (exact) mass is 417 g/mol. The molecule has 1 saturated heterocycles. The van der Waals surface area contributed by atoms with Gasteiger partial charge in [0.05, 0.1) is 23.7 Å². The summed E-state index contributed by atoms with van der Waals surface area (Å²) in [6, 6.07) is 13.8. The number of hydrogen-bond donors (Lipinski definition) is 0. The van der Waals surface area contributed by atoms with Crippen LogP contribution in [0.4, 0.5) is 0 Å². The SMILES string of the molecule is CC(C)(C)c1ccc(COC(=O)c2ccc(S(=O)(=O)N3CCOCC3)cc2)cc1. The third-order valence-corrected chi connectivity index (χ3v) is 6.80. The third-order valence-electron chi connectivity index (χ3n) is 4.89. The highest BCUT2D eigenvalue weighted by Gasteiger charge is 2.26. The van der Waals surface area contributed by atoms with E-state index in [9.17, 15) is 13.2 Å². The predicted molar refractivity (Wildman–Crippen MR) is 110 cm³/mol. The summed E-state index contributed by atoms with van der Waals surface area (Å²) in [4.78, 5) is 12.5. The lowest BCUT2D eigenvalue weighted by molar-refractivity contribution is 0.0472. The van der Waals surface area contributed by atoms with Crippen LogP contribution in [0.2, 0.25) is 0 Å². The predicted octanol–water partition coefficient (Wildman–Crippen LogP) is 3.36. The van der Waals surface area contributed by atoms with Gasteiger partial charge in [0.15, 0.2) is 0 Å². The molecule has 1 aliphatic rings. The Bertz CT molecular complexity index is 938. The molecule has 0 radical (unpaired) electrons. The Kier molecular flexibility index (Phi) is 6.41. The van der Waals surface area contributed by atoms with Crippen molar-refractivity contribution in [3.8, 4) is 0 Å². The van der Waals surface area contributed by atoms with Crippen LogP contribution in [0.3, 0.4) is 0 Å². The van der Waals surface area contributed by atoms with E-state index in [1.54, 1.807) is 0 Å². The van der Waals surface area contributed by atoms with Gasteiger partial charge in [-0.05, 0) is 40.8 Å². The highest BCUT2D eigenvalue weighted by Crippen LogP contribution is 2.22. The smallest absolute Gasteiger partial charge is 0.338 e. The minimum absolute atomic E-state index is 0.0680. The normalized spacial score (nSPS) is 15.8. The van der Waals surface area contributed by atoms with Gasteiger partial charge in [0.2, 0.25) is 10.0 Å². The number of hydrogen-bond acceptors (Lipinski definition) is 5. The molecular weight excluding hydrogens is 390 g/mol. The number of sulfonamides is 1. The molecule has 6 nitrogen and oxygen atoms in total. The van der Waals surface area contributed by atoms with Gasteiger partial charge in [0.1, 0.15) is 6.61 Å². The van der Waals surface area contributed by atoms with Crippen molar-refractivity contribution in [2.75, 3.05) is 26.3 Å². The van der Waals surface area contributed by atoms with Crippen molar-refractivity contribution < 1.29 is 22.7 Å². The summed E-state index contributed by atoms with van der Waals surface area (Å²) in [6.45, 7) is 8.04. The molecule has 0 atom stereocenters. The number of ether oxygens (including phenoxy) is 2. The average molecular weight is 418 g/mol. The van der Waals surface area contributed by atoms with Crippen LogP contribution in [-0.4, -0.2) is 45.0 Å². The second-order valence-corrected chi connectivity index (χ2v) is 10.0. The Morgan fingerprint density at radius 3 is 2.14 bits per heavy atom. The Balaban J connectivity index is 1.61. The first kappa shape index (κ1) is 21.5. The molecule has 3 rings (SSSR count). The fourth-order valence-electron chi connectivity index (χ4n) is 3.03. The molecule has 156 valence electrons. The zero-order valence-electron chi connectivity index (χ0n) is 17.1. The minimum atomic E-state index is -3.57. The van der Waals surface area contributed by atoms with Crippen molar-refractivity contribution >= 4 is 16.0 Å². The van der Waals surface area contributed by atoms with E-state index < -0.39 is 16.0 Å². The average Bonchev–Trinajstić information content (AvgIpc) is 2.72. The van der Waals surface area contributed by atoms with E-state index in [1.807, 2.05) is 24.3 Å². The number of nitrogens with zero attached hydrogens (tertiary/aromatic N) is 1. The van der Waals surface area contributed by atoms with Crippen LogP contribution < -0.4 is 0 Å². The molecule has 29 heavy (non-hydrogen) atoms. The zero-order valence-corrected chi connectivity index (χ0v) is 17.9. The standard InChI is InChI=1S/C22H27NO5S/c1-22(2,3)19-8-4-17(5-9-19)16-28-21(24)18-6-10-20(11-7-18)29(25,26)23-12-14-27-15-13-23/h4-11H,12-16H2,1-3H3. The summed E-state index contributed by atoms with van der Waals surface area (Å²) in [5, 5.41) is 0. The van der Waals surface area contributed by atoms with E-state index in [2.05, 4.69) is 20.8 Å². The molecule has 0 spiro atoms. The van der Waals surface area contributed by atoms with Gasteiger partial charge >= 0.3 is 5.97 Å². The van der Waals surface area contributed by atoms with Crippen molar-refractivity contribution in [3.63, 3.8) is 0 Å². The van der Waals surface area contributed by atoms with E-state index in [4.69, 9.17) is 9.47 Å². The van der Waals surface area contributed by atoms with E-state index in [0.717, 1.165) is 5.56 Å². The number of carbonyl (C=O) groups is 1. The molecule has 2 aromatic carbocycles. The van der Waals surface area contributed by atoms with Gasteiger partial charge in [-0.25, -0.2) is 13.2 Å². The van der Waals surface area contributed by atoms with Crippen molar-refractivity contribution in [2.45, 2.75) is 37.7 Å². The molecular formula is C22H27NO5S. The summed E-state index contributed by atoms with van der Waals surface area (Å²) in [6.07, 6.45) is 0. The number of benzene rings is 2. The fraction of sp³-hybridized carbons (Fsp3) is 0.409. The van der Waals surface area contributed by atoms with E-state index >= 15 is 0 Å². The van der Waals surface area contributed by atoms with Gasteiger partial charge in [-0.2, -0.15) is 4.31 Å². The Hall–Kier alpha value is -2.22. The first-order valence-corrected chi connectivity index (χ1v) is 11.1.